The molecule has 2 N–H and O–H groups in total. The highest BCUT2D eigenvalue weighted by atomic mass is 79.9. The highest BCUT2D eigenvalue weighted by molar-refractivity contribution is 9.10. The summed E-state index contributed by atoms with van der Waals surface area (Å²) in [6, 6.07) is 2.91. The van der Waals surface area contributed by atoms with Crippen molar-refractivity contribution in [1.29, 1.82) is 0 Å². The molecule has 0 heterocycles. The first kappa shape index (κ1) is 10.6. The topological polar surface area (TPSA) is 86.2 Å². The van der Waals surface area contributed by atoms with Crippen LogP contribution in [0.15, 0.2) is 16.6 Å². The molecule has 1 aromatic carbocycles. The highest BCUT2D eigenvalue weighted by Crippen LogP contribution is 2.27. The van der Waals surface area contributed by atoms with Gasteiger partial charge in [-0.3, -0.25) is 14.9 Å². The molecule has 0 aliphatic heterocycles. The van der Waals surface area contributed by atoms with Gasteiger partial charge < -0.3 is 5.73 Å². The van der Waals surface area contributed by atoms with Crippen molar-refractivity contribution in [1.82, 2.24) is 0 Å². The van der Waals surface area contributed by atoms with Crippen molar-refractivity contribution in [3.8, 4) is 0 Å². The van der Waals surface area contributed by atoms with Gasteiger partial charge in [-0.2, -0.15) is 0 Å². The first-order chi connectivity index (χ1) is 6.43. The van der Waals surface area contributed by atoms with Crippen LogP contribution in [0.1, 0.15) is 15.9 Å². The van der Waals surface area contributed by atoms with Crippen LogP contribution in [-0.2, 0) is 0 Å². The fourth-order valence-electron chi connectivity index (χ4n) is 1.11. The Bertz CT molecular complexity index is 417. The highest BCUT2D eigenvalue weighted by Gasteiger charge is 2.21. The van der Waals surface area contributed by atoms with Crippen LogP contribution in [0.5, 0.6) is 0 Å². The van der Waals surface area contributed by atoms with E-state index in [-0.39, 0.29) is 11.3 Å². The average Bonchev–Trinajstić information content (AvgIpc) is 2.01. The molecule has 0 atom stereocenters. The van der Waals surface area contributed by atoms with E-state index in [4.69, 9.17) is 5.73 Å². The van der Waals surface area contributed by atoms with Crippen LogP contribution in [-0.4, -0.2) is 10.8 Å². The van der Waals surface area contributed by atoms with Gasteiger partial charge in [-0.1, -0.05) is 0 Å². The van der Waals surface area contributed by atoms with E-state index < -0.39 is 10.8 Å². The number of nitrogens with zero attached hydrogens (tertiary/aromatic N) is 1. The van der Waals surface area contributed by atoms with E-state index in [1.165, 1.54) is 6.07 Å². The molecule has 5 nitrogen and oxygen atoms in total. The van der Waals surface area contributed by atoms with Gasteiger partial charge >= 0.3 is 0 Å². The lowest BCUT2D eigenvalue weighted by atomic mass is 10.1. The molecule has 0 fully saturated rings. The number of amides is 1. The summed E-state index contributed by atoms with van der Waals surface area (Å²) < 4.78 is 0.344. The largest absolute Gasteiger partial charge is 0.365 e. The average molecular weight is 259 g/mol. The molecule has 0 spiro atoms. The van der Waals surface area contributed by atoms with Gasteiger partial charge in [0.05, 0.1) is 4.92 Å². The van der Waals surface area contributed by atoms with Crippen molar-refractivity contribution in [2.24, 2.45) is 5.73 Å². The summed E-state index contributed by atoms with van der Waals surface area (Å²) in [7, 11) is 0. The number of hydrogen-bond acceptors (Lipinski definition) is 3. The molecular weight excluding hydrogens is 252 g/mol. The predicted octanol–water partition coefficient (Wildman–Crippen LogP) is 1.76. The molecule has 0 aromatic heterocycles. The van der Waals surface area contributed by atoms with Crippen LogP contribution in [0, 0.1) is 17.0 Å². The summed E-state index contributed by atoms with van der Waals surface area (Å²) in [5.41, 5.74) is 5.35. The summed E-state index contributed by atoms with van der Waals surface area (Å²) >= 11 is 3.06. The number of primary amides is 1. The number of rotatable bonds is 2. The second-order valence-corrected chi connectivity index (χ2v) is 3.62. The first-order valence-electron chi connectivity index (χ1n) is 3.68. The van der Waals surface area contributed by atoms with Crippen molar-refractivity contribution in [3.05, 3.63) is 37.8 Å². The lowest BCUT2D eigenvalue weighted by Gasteiger charge is -2.02. The zero-order chi connectivity index (χ0) is 10.9. The van der Waals surface area contributed by atoms with E-state index in [2.05, 4.69) is 15.9 Å². The molecule has 0 unspecified atom stereocenters. The summed E-state index contributed by atoms with van der Waals surface area (Å²) in [5.74, 6) is -0.816. The van der Waals surface area contributed by atoms with E-state index in [9.17, 15) is 14.9 Å². The third-order valence-electron chi connectivity index (χ3n) is 1.66. The lowest BCUT2D eigenvalue weighted by Crippen LogP contribution is -2.14. The smallest absolute Gasteiger partial charge is 0.283 e. The number of nitrogens with two attached hydrogens (primary N) is 1. The number of carbonyl (C=O) groups is 1. The third kappa shape index (κ3) is 1.90. The molecule has 0 aliphatic carbocycles. The Morgan fingerprint density at radius 3 is 2.57 bits per heavy atom. The summed E-state index contributed by atoms with van der Waals surface area (Å²) in [4.78, 5) is 20.9. The molecule has 0 saturated carbocycles. The molecule has 0 radical (unpaired) electrons. The Balaban J connectivity index is 3.52. The SMILES string of the molecule is Cc1cc(Br)c(C(N)=O)c([N+](=O)[O-])c1. The van der Waals surface area contributed by atoms with Crippen LogP contribution in [0.25, 0.3) is 0 Å². The van der Waals surface area contributed by atoms with Crippen molar-refractivity contribution in [2.75, 3.05) is 0 Å². The number of hydrogen-bond donors (Lipinski definition) is 1. The Labute approximate surface area is 88.2 Å². The Morgan fingerprint density at radius 1 is 1.57 bits per heavy atom. The van der Waals surface area contributed by atoms with Gasteiger partial charge in [-0.15, -0.1) is 0 Å². The number of halogens is 1. The van der Waals surface area contributed by atoms with E-state index in [0.29, 0.717) is 10.0 Å². The molecule has 74 valence electrons. The Hall–Kier alpha value is -1.43. The number of nitro groups is 1. The van der Waals surface area contributed by atoms with Gasteiger partial charge in [0.2, 0.25) is 0 Å². The first-order valence-corrected chi connectivity index (χ1v) is 4.47. The molecule has 0 aliphatic rings. The molecule has 1 aromatic rings. The fraction of sp³-hybridized carbons (Fsp3) is 0.125. The lowest BCUT2D eigenvalue weighted by molar-refractivity contribution is -0.385. The van der Waals surface area contributed by atoms with Gasteiger partial charge in [0, 0.05) is 10.5 Å². The quantitative estimate of drug-likeness (QED) is 0.648. The molecule has 1 amide bonds. The number of aryl methyl sites for hydroxylation is 1. The number of carbonyl (C=O) groups excluding carboxylic acids is 1. The third-order valence-corrected chi connectivity index (χ3v) is 2.28. The maximum absolute atomic E-state index is 10.9. The standard InChI is InChI=1S/C8H7BrN2O3/c1-4-2-5(9)7(8(10)12)6(3-4)11(13)14/h2-3H,1H3,(H2,10,12). The number of nitro benzene ring substituents is 1. The summed E-state index contributed by atoms with van der Waals surface area (Å²) in [6.45, 7) is 1.70. The number of benzene rings is 1. The van der Waals surface area contributed by atoms with Gasteiger partial charge in [-0.05, 0) is 34.5 Å². The zero-order valence-corrected chi connectivity index (χ0v) is 8.87. The normalized spacial score (nSPS) is 9.86. The fourth-order valence-corrected chi connectivity index (χ4v) is 1.87. The Kier molecular flexibility index (Phi) is 2.85. The van der Waals surface area contributed by atoms with Crippen LogP contribution in [0.3, 0.4) is 0 Å². The van der Waals surface area contributed by atoms with Crippen molar-refractivity contribution in [2.45, 2.75) is 6.92 Å². The van der Waals surface area contributed by atoms with E-state index in [1.54, 1.807) is 13.0 Å². The summed E-state index contributed by atoms with van der Waals surface area (Å²) in [6.07, 6.45) is 0. The minimum absolute atomic E-state index is 0.0967. The molecule has 0 bridgehead atoms. The summed E-state index contributed by atoms with van der Waals surface area (Å²) in [5, 5.41) is 10.6. The maximum atomic E-state index is 10.9. The molecule has 1 rings (SSSR count). The molecule has 0 saturated heterocycles. The van der Waals surface area contributed by atoms with E-state index >= 15 is 0 Å². The Morgan fingerprint density at radius 2 is 2.14 bits per heavy atom. The van der Waals surface area contributed by atoms with Crippen LogP contribution in [0.2, 0.25) is 0 Å². The van der Waals surface area contributed by atoms with Crippen molar-refractivity contribution < 1.29 is 9.72 Å². The second kappa shape index (κ2) is 3.75. The second-order valence-electron chi connectivity index (χ2n) is 2.76. The molecule has 6 heteroatoms. The van der Waals surface area contributed by atoms with E-state index in [0.717, 1.165) is 0 Å². The van der Waals surface area contributed by atoms with E-state index in [1.807, 2.05) is 0 Å². The van der Waals surface area contributed by atoms with Crippen LogP contribution < -0.4 is 5.73 Å². The molecule has 14 heavy (non-hydrogen) atoms. The molecular formula is C8H7BrN2O3. The van der Waals surface area contributed by atoms with Gasteiger partial charge in [0.1, 0.15) is 5.56 Å². The van der Waals surface area contributed by atoms with Gasteiger partial charge in [0.25, 0.3) is 11.6 Å². The van der Waals surface area contributed by atoms with Gasteiger partial charge in [-0.25, -0.2) is 0 Å². The van der Waals surface area contributed by atoms with Crippen LogP contribution in [0.4, 0.5) is 5.69 Å². The minimum Gasteiger partial charge on any atom is -0.365 e. The van der Waals surface area contributed by atoms with Crippen LogP contribution >= 0.6 is 15.9 Å². The van der Waals surface area contributed by atoms with Gasteiger partial charge in [0.15, 0.2) is 0 Å². The predicted molar refractivity (Wildman–Crippen MR) is 54.1 cm³/mol. The minimum atomic E-state index is -0.816. The van der Waals surface area contributed by atoms with Crippen molar-refractivity contribution in [3.63, 3.8) is 0 Å². The monoisotopic (exact) mass is 258 g/mol. The maximum Gasteiger partial charge on any atom is 0.283 e. The van der Waals surface area contributed by atoms with Crippen molar-refractivity contribution >= 4 is 27.5 Å². The zero-order valence-electron chi connectivity index (χ0n) is 7.28.